The van der Waals surface area contributed by atoms with E-state index in [1.54, 1.807) is 0 Å². The Labute approximate surface area is 106 Å². The summed E-state index contributed by atoms with van der Waals surface area (Å²) in [4.78, 5) is 7.65. The summed E-state index contributed by atoms with van der Waals surface area (Å²) in [7, 11) is 2.22. The molecule has 2 aliphatic rings. The summed E-state index contributed by atoms with van der Waals surface area (Å²) < 4.78 is 0. The zero-order valence-electron chi connectivity index (χ0n) is 11.3. The fourth-order valence-electron chi connectivity index (χ4n) is 2.94. The van der Waals surface area contributed by atoms with Crippen molar-refractivity contribution in [1.82, 2.24) is 14.7 Å². The lowest BCUT2D eigenvalue weighted by molar-refractivity contribution is 0.139. The average Bonchev–Trinajstić information content (AvgIpc) is 2.77. The Kier molecular flexibility index (Phi) is 5.22. The second-order valence-corrected chi connectivity index (χ2v) is 5.68. The largest absolute Gasteiger partial charge is 0.330 e. The molecule has 0 aliphatic carbocycles. The number of piperazine rings is 1. The van der Waals surface area contributed by atoms with Crippen LogP contribution in [0.3, 0.4) is 0 Å². The van der Waals surface area contributed by atoms with Gasteiger partial charge in [-0.2, -0.15) is 0 Å². The third kappa shape index (κ3) is 4.21. The van der Waals surface area contributed by atoms with Crippen LogP contribution >= 0.6 is 0 Å². The van der Waals surface area contributed by atoms with Crippen molar-refractivity contribution < 1.29 is 0 Å². The Morgan fingerprint density at radius 1 is 1.00 bits per heavy atom. The van der Waals surface area contributed by atoms with E-state index in [9.17, 15) is 0 Å². The maximum absolute atomic E-state index is 5.63. The van der Waals surface area contributed by atoms with Crippen molar-refractivity contribution in [3.05, 3.63) is 0 Å². The first-order valence-corrected chi connectivity index (χ1v) is 7.11. The normalized spacial score (nSPS) is 28.9. The Morgan fingerprint density at radius 3 is 2.41 bits per heavy atom. The topological polar surface area (TPSA) is 35.7 Å². The van der Waals surface area contributed by atoms with Crippen molar-refractivity contribution in [2.75, 3.05) is 66.0 Å². The maximum Gasteiger partial charge on any atom is 0.0110 e. The predicted octanol–water partition coefficient (Wildman–Crippen LogP) is -0.0955. The van der Waals surface area contributed by atoms with Crippen LogP contribution in [-0.4, -0.2) is 80.7 Å². The molecule has 0 amide bonds. The Hall–Kier alpha value is -0.160. The highest BCUT2D eigenvalue weighted by Crippen LogP contribution is 2.18. The molecule has 0 spiro atoms. The number of nitrogens with two attached hydrogens (primary N) is 1. The van der Waals surface area contributed by atoms with E-state index >= 15 is 0 Å². The first kappa shape index (κ1) is 13.3. The summed E-state index contributed by atoms with van der Waals surface area (Å²) >= 11 is 0. The molecule has 4 nitrogen and oxygen atoms in total. The Morgan fingerprint density at radius 2 is 1.71 bits per heavy atom. The van der Waals surface area contributed by atoms with Gasteiger partial charge in [-0.3, -0.25) is 4.90 Å². The van der Waals surface area contributed by atoms with Gasteiger partial charge in [-0.05, 0) is 38.9 Å². The molecule has 4 heteroatoms. The van der Waals surface area contributed by atoms with Crippen molar-refractivity contribution in [1.29, 1.82) is 0 Å². The summed E-state index contributed by atoms with van der Waals surface area (Å²) in [5, 5.41) is 0. The molecule has 100 valence electrons. The SMILES string of the molecule is CN1CCN(CCN2CCC(CCN)C2)CC1. The molecule has 0 radical (unpaired) electrons. The number of likely N-dealkylation sites (N-methyl/N-ethyl adjacent to an activating group) is 1. The van der Waals surface area contributed by atoms with E-state index < -0.39 is 0 Å². The molecular weight excluding hydrogens is 212 g/mol. The average molecular weight is 240 g/mol. The van der Waals surface area contributed by atoms with E-state index in [0.29, 0.717) is 0 Å². The summed E-state index contributed by atoms with van der Waals surface area (Å²) in [5.74, 6) is 0.868. The number of likely N-dealkylation sites (tertiary alicyclic amines) is 1. The highest BCUT2D eigenvalue weighted by Gasteiger charge is 2.22. The van der Waals surface area contributed by atoms with Crippen LogP contribution in [0.15, 0.2) is 0 Å². The van der Waals surface area contributed by atoms with E-state index in [-0.39, 0.29) is 0 Å². The zero-order chi connectivity index (χ0) is 12.1. The van der Waals surface area contributed by atoms with E-state index in [1.165, 1.54) is 65.2 Å². The van der Waals surface area contributed by atoms with Gasteiger partial charge in [0, 0.05) is 45.8 Å². The van der Waals surface area contributed by atoms with Crippen LogP contribution < -0.4 is 5.73 Å². The molecule has 17 heavy (non-hydrogen) atoms. The summed E-state index contributed by atoms with van der Waals surface area (Å²) in [5.41, 5.74) is 5.63. The number of nitrogens with zero attached hydrogens (tertiary/aromatic N) is 3. The molecule has 0 aromatic heterocycles. The van der Waals surface area contributed by atoms with Gasteiger partial charge >= 0.3 is 0 Å². The van der Waals surface area contributed by atoms with Gasteiger partial charge in [-0.1, -0.05) is 0 Å². The minimum Gasteiger partial charge on any atom is -0.330 e. The van der Waals surface area contributed by atoms with Crippen molar-refractivity contribution in [2.24, 2.45) is 11.7 Å². The molecule has 1 atom stereocenters. The molecule has 0 aromatic carbocycles. The van der Waals surface area contributed by atoms with Crippen LogP contribution in [-0.2, 0) is 0 Å². The quantitative estimate of drug-likeness (QED) is 0.728. The lowest BCUT2D eigenvalue weighted by atomic mass is 10.1. The molecule has 1 unspecified atom stereocenters. The van der Waals surface area contributed by atoms with Crippen molar-refractivity contribution in [2.45, 2.75) is 12.8 Å². The monoisotopic (exact) mass is 240 g/mol. The van der Waals surface area contributed by atoms with Gasteiger partial charge in [0.1, 0.15) is 0 Å². The molecule has 0 saturated carbocycles. The molecular formula is C13H28N4. The van der Waals surface area contributed by atoms with E-state index in [2.05, 4.69) is 21.7 Å². The number of hydrogen-bond donors (Lipinski definition) is 1. The van der Waals surface area contributed by atoms with Crippen LogP contribution in [0, 0.1) is 5.92 Å². The highest BCUT2D eigenvalue weighted by atomic mass is 15.3. The van der Waals surface area contributed by atoms with Gasteiger partial charge in [-0.25, -0.2) is 0 Å². The van der Waals surface area contributed by atoms with E-state index in [4.69, 9.17) is 5.73 Å². The van der Waals surface area contributed by atoms with Gasteiger partial charge in [0.05, 0.1) is 0 Å². The van der Waals surface area contributed by atoms with Crippen LogP contribution in [0.5, 0.6) is 0 Å². The standard InChI is InChI=1S/C13H28N4/c1-15-6-8-16(9-7-15)10-11-17-5-3-13(12-17)2-4-14/h13H,2-12,14H2,1H3. The maximum atomic E-state index is 5.63. The molecule has 0 aromatic rings. The summed E-state index contributed by atoms with van der Waals surface area (Å²) in [6, 6.07) is 0. The third-order valence-electron chi connectivity index (χ3n) is 4.27. The zero-order valence-corrected chi connectivity index (χ0v) is 11.3. The molecule has 2 fully saturated rings. The number of hydrogen-bond acceptors (Lipinski definition) is 4. The van der Waals surface area contributed by atoms with E-state index in [0.717, 1.165) is 12.5 Å². The second-order valence-electron chi connectivity index (χ2n) is 5.68. The summed E-state index contributed by atoms with van der Waals surface area (Å²) in [6.45, 7) is 10.9. The molecule has 2 N–H and O–H groups in total. The van der Waals surface area contributed by atoms with Crippen LogP contribution in [0.4, 0.5) is 0 Å². The fourth-order valence-corrected chi connectivity index (χ4v) is 2.94. The van der Waals surface area contributed by atoms with Crippen LogP contribution in [0.1, 0.15) is 12.8 Å². The molecule has 2 saturated heterocycles. The smallest absolute Gasteiger partial charge is 0.0110 e. The minimum atomic E-state index is 0.858. The predicted molar refractivity (Wildman–Crippen MR) is 72.2 cm³/mol. The van der Waals surface area contributed by atoms with Gasteiger partial charge < -0.3 is 15.5 Å². The first-order valence-electron chi connectivity index (χ1n) is 7.11. The van der Waals surface area contributed by atoms with Crippen molar-refractivity contribution >= 4 is 0 Å². The second kappa shape index (κ2) is 6.69. The van der Waals surface area contributed by atoms with Crippen LogP contribution in [0.2, 0.25) is 0 Å². The summed E-state index contributed by atoms with van der Waals surface area (Å²) in [6.07, 6.45) is 2.57. The van der Waals surface area contributed by atoms with Crippen molar-refractivity contribution in [3.8, 4) is 0 Å². The van der Waals surface area contributed by atoms with E-state index in [1.807, 2.05) is 0 Å². The van der Waals surface area contributed by atoms with Gasteiger partial charge in [0.25, 0.3) is 0 Å². The van der Waals surface area contributed by atoms with Gasteiger partial charge in [0.2, 0.25) is 0 Å². The molecule has 2 heterocycles. The lowest BCUT2D eigenvalue weighted by Crippen LogP contribution is -2.46. The fraction of sp³-hybridized carbons (Fsp3) is 1.00. The first-order chi connectivity index (χ1) is 8.28. The minimum absolute atomic E-state index is 0.858. The van der Waals surface area contributed by atoms with Gasteiger partial charge in [-0.15, -0.1) is 0 Å². The highest BCUT2D eigenvalue weighted by molar-refractivity contribution is 4.77. The Bertz CT molecular complexity index is 213. The molecule has 2 rings (SSSR count). The Balaban J connectivity index is 1.59. The van der Waals surface area contributed by atoms with Gasteiger partial charge in [0.15, 0.2) is 0 Å². The third-order valence-corrected chi connectivity index (χ3v) is 4.27. The van der Waals surface area contributed by atoms with Crippen LogP contribution in [0.25, 0.3) is 0 Å². The van der Waals surface area contributed by atoms with Crippen molar-refractivity contribution in [3.63, 3.8) is 0 Å². The molecule has 0 bridgehead atoms. The lowest BCUT2D eigenvalue weighted by Gasteiger charge is -2.33. The molecule has 2 aliphatic heterocycles. The number of rotatable bonds is 5.